The summed E-state index contributed by atoms with van der Waals surface area (Å²) in [5, 5.41) is 14.2. The summed E-state index contributed by atoms with van der Waals surface area (Å²) in [4.78, 5) is 21.8. The highest BCUT2D eigenvalue weighted by molar-refractivity contribution is 5.94. The summed E-state index contributed by atoms with van der Waals surface area (Å²) in [5.41, 5.74) is 5.98. The summed E-state index contributed by atoms with van der Waals surface area (Å²) >= 11 is 0. The quantitative estimate of drug-likeness (QED) is 0.638. The van der Waals surface area contributed by atoms with Crippen molar-refractivity contribution in [1.29, 1.82) is 0 Å². The van der Waals surface area contributed by atoms with Crippen LogP contribution in [0.3, 0.4) is 0 Å². The second-order valence-corrected chi connectivity index (χ2v) is 5.72. The van der Waals surface area contributed by atoms with E-state index in [-0.39, 0.29) is 16.7 Å². The number of nitrogens with two attached hydrogens (primary N) is 1. The molecule has 0 bridgehead atoms. The second-order valence-electron chi connectivity index (χ2n) is 5.72. The molecule has 20 heavy (non-hydrogen) atoms. The second kappa shape index (κ2) is 5.48. The van der Waals surface area contributed by atoms with Gasteiger partial charge >= 0.3 is 0 Å². The van der Waals surface area contributed by atoms with Crippen molar-refractivity contribution in [3.8, 4) is 0 Å². The van der Waals surface area contributed by atoms with E-state index in [1.807, 2.05) is 0 Å². The van der Waals surface area contributed by atoms with Gasteiger partial charge in [-0.05, 0) is 30.4 Å². The number of amides is 1. The molecule has 0 unspecified atom stereocenters. The summed E-state index contributed by atoms with van der Waals surface area (Å²) in [6.45, 7) is 2.84. The molecule has 0 radical (unpaired) electrons. The third-order valence-electron chi connectivity index (χ3n) is 3.99. The third kappa shape index (κ3) is 3.07. The van der Waals surface area contributed by atoms with Gasteiger partial charge in [-0.15, -0.1) is 0 Å². The lowest BCUT2D eigenvalue weighted by molar-refractivity contribution is -0.384. The van der Waals surface area contributed by atoms with Gasteiger partial charge in [-0.2, -0.15) is 0 Å². The van der Waals surface area contributed by atoms with Crippen molar-refractivity contribution in [2.45, 2.75) is 32.6 Å². The molecular weight excluding hydrogens is 258 g/mol. The Morgan fingerprint density at radius 1 is 1.45 bits per heavy atom. The molecule has 0 aliphatic heterocycles. The monoisotopic (exact) mass is 277 g/mol. The minimum absolute atomic E-state index is 0.0309. The minimum Gasteiger partial charge on any atom is -0.379 e. The summed E-state index contributed by atoms with van der Waals surface area (Å²) in [6, 6.07) is 4.15. The predicted octanol–water partition coefficient (Wildman–Crippen LogP) is 2.69. The molecule has 3 N–H and O–H groups in total. The molecule has 1 amide bonds. The summed E-state index contributed by atoms with van der Waals surface area (Å²) in [5.74, 6) is -0.588. The van der Waals surface area contributed by atoms with Gasteiger partial charge in [0.25, 0.3) is 5.69 Å². The van der Waals surface area contributed by atoms with Crippen molar-refractivity contribution < 1.29 is 9.72 Å². The van der Waals surface area contributed by atoms with Crippen molar-refractivity contribution >= 4 is 17.3 Å². The number of hydrogen-bond acceptors (Lipinski definition) is 4. The molecule has 0 spiro atoms. The summed E-state index contributed by atoms with van der Waals surface area (Å²) in [7, 11) is 0. The highest BCUT2D eigenvalue weighted by Crippen LogP contribution is 2.38. The fourth-order valence-electron chi connectivity index (χ4n) is 2.70. The fourth-order valence-corrected chi connectivity index (χ4v) is 2.70. The third-order valence-corrected chi connectivity index (χ3v) is 3.99. The summed E-state index contributed by atoms with van der Waals surface area (Å²) < 4.78 is 0. The Morgan fingerprint density at radius 2 is 2.10 bits per heavy atom. The first-order valence-electron chi connectivity index (χ1n) is 6.73. The van der Waals surface area contributed by atoms with E-state index in [0.29, 0.717) is 12.2 Å². The Morgan fingerprint density at radius 3 is 2.65 bits per heavy atom. The van der Waals surface area contributed by atoms with E-state index in [1.54, 1.807) is 0 Å². The average molecular weight is 277 g/mol. The first kappa shape index (κ1) is 14.3. The van der Waals surface area contributed by atoms with Crippen LogP contribution in [-0.4, -0.2) is 17.4 Å². The Labute approximate surface area is 117 Å². The van der Waals surface area contributed by atoms with Gasteiger partial charge < -0.3 is 11.1 Å². The number of anilines is 1. The number of rotatable bonds is 5. The largest absolute Gasteiger partial charge is 0.379 e. The highest BCUT2D eigenvalue weighted by Gasteiger charge is 2.29. The molecule has 6 heteroatoms. The standard InChI is InChI=1S/C14H19N3O3/c1-14(6-2-3-7-14)9-16-11-8-10(13(15)18)4-5-12(11)17(19)20/h4-5,8,16H,2-3,6-7,9H2,1H3,(H2,15,18). The van der Waals surface area contributed by atoms with Crippen LogP contribution >= 0.6 is 0 Å². The van der Waals surface area contributed by atoms with E-state index in [0.717, 1.165) is 12.8 Å². The zero-order valence-electron chi connectivity index (χ0n) is 11.5. The Balaban J connectivity index is 2.21. The zero-order valence-corrected chi connectivity index (χ0v) is 11.5. The normalized spacial score (nSPS) is 16.9. The fraction of sp³-hybridized carbons (Fsp3) is 0.500. The van der Waals surface area contributed by atoms with E-state index < -0.39 is 10.8 Å². The number of nitro groups is 1. The van der Waals surface area contributed by atoms with Gasteiger partial charge in [0.15, 0.2) is 0 Å². The molecule has 1 aromatic rings. The number of carbonyl (C=O) groups is 1. The number of primary amides is 1. The molecule has 1 fully saturated rings. The Kier molecular flexibility index (Phi) is 3.92. The van der Waals surface area contributed by atoms with Crippen molar-refractivity contribution in [2.75, 3.05) is 11.9 Å². The lowest BCUT2D eigenvalue weighted by atomic mass is 9.89. The molecule has 1 saturated carbocycles. The van der Waals surface area contributed by atoms with Crippen molar-refractivity contribution in [3.63, 3.8) is 0 Å². The number of nitrogens with zero attached hydrogens (tertiary/aromatic N) is 1. The molecule has 2 rings (SSSR count). The van der Waals surface area contributed by atoms with E-state index in [9.17, 15) is 14.9 Å². The van der Waals surface area contributed by atoms with Gasteiger partial charge in [0.1, 0.15) is 5.69 Å². The minimum atomic E-state index is -0.588. The molecule has 1 aliphatic carbocycles. The average Bonchev–Trinajstić information content (AvgIpc) is 2.83. The molecule has 1 aromatic carbocycles. The number of nitro benzene ring substituents is 1. The van der Waals surface area contributed by atoms with Crippen molar-refractivity contribution in [1.82, 2.24) is 0 Å². The van der Waals surface area contributed by atoms with Gasteiger partial charge in [0.05, 0.1) is 4.92 Å². The van der Waals surface area contributed by atoms with E-state index in [4.69, 9.17) is 5.73 Å². The first-order valence-corrected chi connectivity index (χ1v) is 6.73. The van der Waals surface area contributed by atoms with Gasteiger partial charge in [0.2, 0.25) is 5.91 Å². The first-order chi connectivity index (χ1) is 9.41. The molecule has 0 aromatic heterocycles. The summed E-state index contributed by atoms with van der Waals surface area (Å²) in [6.07, 6.45) is 4.62. The van der Waals surface area contributed by atoms with E-state index >= 15 is 0 Å². The van der Waals surface area contributed by atoms with Gasteiger partial charge in [-0.25, -0.2) is 0 Å². The predicted molar refractivity (Wildman–Crippen MR) is 76.7 cm³/mol. The maximum atomic E-state index is 11.2. The van der Waals surface area contributed by atoms with Crippen LogP contribution in [0.25, 0.3) is 0 Å². The smallest absolute Gasteiger partial charge is 0.292 e. The molecule has 108 valence electrons. The van der Waals surface area contributed by atoms with Crippen LogP contribution in [-0.2, 0) is 0 Å². The number of hydrogen-bond donors (Lipinski definition) is 2. The topological polar surface area (TPSA) is 98.3 Å². The Hall–Kier alpha value is -2.11. The van der Waals surface area contributed by atoms with Crippen LogP contribution in [0.15, 0.2) is 18.2 Å². The van der Waals surface area contributed by atoms with E-state index in [2.05, 4.69) is 12.2 Å². The SMILES string of the molecule is CC1(CNc2cc(C(N)=O)ccc2[N+](=O)[O-])CCCC1. The molecule has 1 aliphatic rings. The number of benzene rings is 1. The lowest BCUT2D eigenvalue weighted by Crippen LogP contribution is -2.23. The highest BCUT2D eigenvalue weighted by atomic mass is 16.6. The Bertz CT molecular complexity index is 536. The molecule has 0 heterocycles. The maximum Gasteiger partial charge on any atom is 0.292 e. The van der Waals surface area contributed by atoms with Gasteiger partial charge in [0, 0.05) is 18.2 Å². The van der Waals surface area contributed by atoms with Crippen molar-refractivity contribution in [3.05, 3.63) is 33.9 Å². The van der Waals surface area contributed by atoms with Crippen LogP contribution < -0.4 is 11.1 Å². The number of nitrogens with one attached hydrogen (secondary N) is 1. The van der Waals surface area contributed by atoms with Crippen LogP contribution in [0.1, 0.15) is 43.0 Å². The number of carbonyl (C=O) groups excluding carboxylic acids is 1. The zero-order chi connectivity index (χ0) is 14.8. The van der Waals surface area contributed by atoms with Crippen LogP contribution in [0.5, 0.6) is 0 Å². The van der Waals surface area contributed by atoms with Crippen LogP contribution in [0, 0.1) is 15.5 Å². The molecule has 6 nitrogen and oxygen atoms in total. The maximum absolute atomic E-state index is 11.2. The van der Waals surface area contributed by atoms with E-state index in [1.165, 1.54) is 31.0 Å². The van der Waals surface area contributed by atoms with Gasteiger partial charge in [-0.3, -0.25) is 14.9 Å². The molecular formula is C14H19N3O3. The van der Waals surface area contributed by atoms with Crippen LogP contribution in [0.4, 0.5) is 11.4 Å². The van der Waals surface area contributed by atoms with Gasteiger partial charge in [-0.1, -0.05) is 19.8 Å². The van der Waals surface area contributed by atoms with Crippen molar-refractivity contribution in [2.24, 2.45) is 11.1 Å². The molecule has 0 atom stereocenters. The lowest BCUT2D eigenvalue weighted by Gasteiger charge is -2.24. The molecule has 0 saturated heterocycles. The van der Waals surface area contributed by atoms with Crippen LogP contribution in [0.2, 0.25) is 0 Å².